The van der Waals surface area contributed by atoms with Crippen LogP contribution in [-0.2, 0) is 35.5 Å². The molecule has 0 heterocycles. The van der Waals surface area contributed by atoms with Gasteiger partial charge in [-0.05, 0) is 0 Å². The van der Waals surface area contributed by atoms with Crippen LogP contribution in [0.25, 0.3) is 22.3 Å². The quantitative estimate of drug-likeness (QED) is 0.197. The molecule has 0 amide bonds. The maximum atomic E-state index is 5.72. The van der Waals surface area contributed by atoms with E-state index in [0.29, 0.717) is 5.92 Å². The average Bonchev–Trinajstić information content (AvgIpc) is 3.68. The molecule has 0 saturated carbocycles. The molecule has 1 unspecified atom stereocenters. The number of benzene rings is 3. The van der Waals surface area contributed by atoms with Gasteiger partial charge in [-0.15, -0.1) is 0 Å². The Kier molecular flexibility index (Phi) is 7.21. The van der Waals surface area contributed by atoms with Crippen LogP contribution in [0.3, 0.4) is 0 Å². The molecule has 0 radical (unpaired) electrons. The molecule has 0 nitrogen and oxygen atoms in total. The fraction of sp³-hybridized carbons (Fsp3) is 0.426. The molecule has 0 N–H and O–H groups in total. The molecule has 1 heteroatoms. The van der Waals surface area contributed by atoms with Gasteiger partial charge >= 0.3 is 295 Å². The molecule has 0 aromatic heterocycles. The molecule has 4 aliphatic carbocycles. The fourth-order valence-electron chi connectivity index (χ4n) is 10.8. The molecule has 3 aromatic carbocycles. The van der Waals surface area contributed by atoms with E-state index in [-0.39, 0.29) is 21.7 Å². The molecule has 250 valence electrons. The van der Waals surface area contributed by atoms with Crippen molar-refractivity contribution in [3.63, 3.8) is 0 Å². The van der Waals surface area contributed by atoms with Crippen LogP contribution in [0.15, 0.2) is 85.0 Å². The summed E-state index contributed by atoms with van der Waals surface area (Å²) < 4.78 is 11.7. The monoisotopic (exact) mass is 712 g/mol. The van der Waals surface area contributed by atoms with E-state index in [4.69, 9.17) is 4.21 Å². The van der Waals surface area contributed by atoms with Gasteiger partial charge in [0.05, 0.1) is 0 Å². The summed E-state index contributed by atoms with van der Waals surface area (Å²) in [5, 5.41) is 0. The first-order valence-electron chi connectivity index (χ1n) is 18.5. The predicted molar refractivity (Wildman–Crippen MR) is 209 cm³/mol. The van der Waals surface area contributed by atoms with Crippen LogP contribution in [0.2, 0.25) is 4.13 Å². The zero-order valence-electron chi connectivity index (χ0n) is 32.1. The minimum atomic E-state index is -4.47. The van der Waals surface area contributed by atoms with Crippen molar-refractivity contribution >= 4 is 18.6 Å². The molecule has 0 saturated heterocycles. The summed E-state index contributed by atoms with van der Waals surface area (Å²) in [6.45, 7) is 31.5. The van der Waals surface area contributed by atoms with Gasteiger partial charge in [-0.3, -0.25) is 0 Å². The van der Waals surface area contributed by atoms with Crippen LogP contribution in [0.5, 0.6) is 0 Å². The van der Waals surface area contributed by atoms with Crippen LogP contribution in [0.4, 0.5) is 0 Å². The molecule has 4 aliphatic rings. The van der Waals surface area contributed by atoms with E-state index < -0.39 is 18.3 Å². The van der Waals surface area contributed by atoms with Gasteiger partial charge in [0.2, 0.25) is 0 Å². The first-order valence-corrected chi connectivity index (χ1v) is 25.6. The summed E-state index contributed by atoms with van der Waals surface area (Å²) in [5.74, 6) is 0.398. The summed E-state index contributed by atoms with van der Waals surface area (Å²) in [6, 6.07) is 22.0. The molecule has 3 aromatic rings. The Morgan fingerprint density at radius 3 is 1.90 bits per heavy atom. The van der Waals surface area contributed by atoms with E-state index in [1.165, 1.54) is 58.9 Å². The first-order chi connectivity index (χ1) is 22.1. The fourth-order valence-corrected chi connectivity index (χ4v) is 29.5. The molecule has 0 fully saturated rings. The van der Waals surface area contributed by atoms with Gasteiger partial charge < -0.3 is 0 Å². The first kappa shape index (κ1) is 33.9. The zero-order valence-corrected chi connectivity index (χ0v) is 34.6. The van der Waals surface area contributed by atoms with Crippen molar-refractivity contribution in [1.29, 1.82) is 0 Å². The Balaban J connectivity index is 1.55. The normalized spacial score (nSPS) is 21.0. The minimum absolute atomic E-state index is 0.0424. The molecule has 0 aliphatic heterocycles. The molecule has 0 bridgehead atoms. The Hall–Kier alpha value is -2.63. The van der Waals surface area contributed by atoms with Gasteiger partial charge in [-0.25, -0.2) is 0 Å². The second-order valence-corrected chi connectivity index (χ2v) is 33.2. The molecule has 48 heavy (non-hydrogen) atoms. The van der Waals surface area contributed by atoms with E-state index in [1.54, 1.807) is 12.1 Å². The third kappa shape index (κ3) is 4.44. The van der Waals surface area contributed by atoms with Crippen molar-refractivity contribution in [1.82, 2.24) is 0 Å². The Labute approximate surface area is 292 Å². The van der Waals surface area contributed by atoms with Gasteiger partial charge in [0.1, 0.15) is 0 Å². The van der Waals surface area contributed by atoms with Gasteiger partial charge in [0, 0.05) is 0 Å². The second kappa shape index (κ2) is 10.2. The van der Waals surface area contributed by atoms with Gasteiger partial charge in [0.15, 0.2) is 0 Å². The van der Waals surface area contributed by atoms with Crippen molar-refractivity contribution in [2.45, 2.75) is 111 Å². The number of fused-ring (bicyclic) bond motifs is 5. The Bertz CT molecular complexity index is 2100. The Morgan fingerprint density at radius 1 is 0.792 bits per heavy atom. The van der Waals surface area contributed by atoms with Gasteiger partial charge in [-0.2, -0.15) is 0 Å². The van der Waals surface area contributed by atoms with Crippen molar-refractivity contribution in [2.75, 3.05) is 0 Å². The third-order valence-corrected chi connectivity index (χ3v) is 31.1. The summed E-state index contributed by atoms with van der Waals surface area (Å²) in [5.41, 5.74) is 16.3. The summed E-state index contributed by atoms with van der Waals surface area (Å²) in [4.78, 5) is 0. The van der Waals surface area contributed by atoms with Crippen molar-refractivity contribution in [2.24, 2.45) is 16.7 Å². The third-order valence-electron chi connectivity index (χ3n) is 13.0. The molecule has 7 rings (SSSR count). The van der Waals surface area contributed by atoms with Crippen LogP contribution in [-0.4, -0.2) is 4.21 Å². The van der Waals surface area contributed by atoms with E-state index in [0.717, 1.165) is 10.5 Å². The topological polar surface area (TPSA) is 0 Å². The molecular formula is C47H58Zr. The number of rotatable bonds is 4. The van der Waals surface area contributed by atoms with E-state index in [1.807, 2.05) is 0 Å². The maximum absolute atomic E-state index is 5.72. The van der Waals surface area contributed by atoms with Crippen LogP contribution in [0.1, 0.15) is 123 Å². The SMILES string of the molecule is [CH2]=[Zr]([CH2]C)([C]1=CC(C)=CC1C)([C]1=C(C(C)(C)C)c2cc3c(cc2C1(C)C)Cc1cc2c(cc1-3)C(C(C)(C)C)=CC2(C)C)[c]1ccccc1. The van der Waals surface area contributed by atoms with Crippen molar-refractivity contribution in [3.8, 4) is 11.1 Å². The number of hydrogen-bond donors (Lipinski definition) is 0. The summed E-state index contributed by atoms with van der Waals surface area (Å²) in [6.07, 6.45) is 8.60. The van der Waals surface area contributed by atoms with Crippen molar-refractivity contribution < 1.29 is 18.3 Å². The predicted octanol–water partition coefficient (Wildman–Crippen LogP) is 12.4. The zero-order chi connectivity index (χ0) is 35.0. The van der Waals surface area contributed by atoms with E-state index in [9.17, 15) is 0 Å². The van der Waals surface area contributed by atoms with Crippen molar-refractivity contribution in [3.05, 3.63) is 118 Å². The van der Waals surface area contributed by atoms with E-state index in [2.05, 4.69) is 163 Å². The summed E-state index contributed by atoms with van der Waals surface area (Å²) in [7, 11) is 0. The average molecular weight is 714 g/mol. The molecular weight excluding hydrogens is 656 g/mol. The standard InChI is InChI=1S/C31H37.C7H9.C6H5.C2H5.CH2.Zr/c1-28(2,3)26-16-30(7,8)24-12-18-11-19-13-25-23(15-21(19)20(18)14-22(24)26)27(29(4,5)6)17-31(25,9)10;1-6-3-4-7(2)5-6;1-2-4-6-5-3-1;1-2;;/h12-16H,11H2,1-10H3;3,5,7H,1-2H3;1-5H;1H2,2H3;1H2;. The van der Waals surface area contributed by atoms with Crippen LogP contribution >= 0.6 is 0 Å². The number of allylic oxidation sites excluding steroid dienone is 8. The Morgan fingerprint density at radius 2 is 1.38 bits per heavy atom. The van der Waals surface area contributed by atoms with Crippen LogP contribution in [0, 0.1) is 16.7 Å². The van der Waals surface area contributed by atoms with Gasteiger partial charge in [-0.1, -0.05) is 0 Å². The van der Waals surface area contributed by atoms with Gasteiger partial charge in [0.25, 0.3) is 0 Å². The molecule has 1 atom stereocenters. The van der Waals surface area contributed by atoms with E-state index >= 15 is 0 Å². The van der Waals surface area contributed by atoms with Crippen LogP contribution < -0.4 is 3.27 Å². The second-order valence-electron chi connectivity index (χ2n) is 19.1. The summed E-state index contributed by atoms with van der Waals surface area (Å²) >= 11 is -4.47. The number of hydrogen-bond acceptors (Lipinski definition) is 0. The molecule has 0 spiro atoms.